The van der Waals surface area contributed by atoms with Gasteiger partial charge in [-0.05, 0) is 12.1 Å². The Bertz CT molecular complexity index is 294. The average molecular weight is 186 g/mol. The van der Waals surface area contributed by atoms with Crippen molar-refractivity contribution in [3.05, 3.63) is 11.8 Å². The lowest BCUT2D eigenvalue weighted by atomic mass is 10.4. The Kier molecular flexibility index (Phi) is 2.86. The summed E-state index contributed by atoms with van der Waals surface area (Å²) in [5.41, 5.74) is 5.41. The van der Waals surface area contributed by atoms with E-state index in [0.717, 1.165) is 0 Å². The minimum absolute atomic E-state index is 0.134. The molecule has 0 spiro atoms. The van der Waals surface area contributed by atoms with E-state index >= 15 is 0 Å². The van der Waals surface area contributed by atoms with E-state index in [1.807, 2.05) is 0 Å². The third-order valence-electron chi connectivity index (χ3n) is 1.19. The van der Waals surface area contributed by atoms with E-state index in [-0.39, 0.29) is 24.3 Å². The molecular formula is C7H10N2O4. The molecule has 0 aliphatic carbocycles. The Labute approximate surface area is 74.3 Å². The molecule has 1 rings (SSSR count). The lowest BCUT2D eigenvalue weighted by molar-refractivity contribution is 0.0651. The third-order valence-corrected chi connectivity index (χ3v) is 1.19. The first kappa shape index (κ1) is 9.53. The number of carboxylic acids is 1. The average Bonchev–Trinajstić information content (AvgIpc) is 2.48. The molecule has 13 heavy (non-hydrogen) atoms. The number of rotatable bonds is 4. The fourth-order valence-electron chi connectivity index (χ4n) is 0.645. The van der Waals surface area contributed by atoms with Gasteiger partial charge in [0.15, 0.2) is 0 Å². The molecule has 6 nitrogen and oxygen atoms in total. The number of nitrogens with two attached hydrogens (primary N) is 1. The maximum absolute atomic E-state index is 10.3. The van der Waals surface area contributed by atoms with E-state index in [2.05, 4.69) is 9.68 Å². The highest BCUT2D eigenvalue weighted by molar-refractivity contribution is 5.84. The predicted molar refractivity (Wildman–Crippen MR) is 42.6 cm³/mol. The number of hydrogen-bond acceptors (Lipinski definition) is 5. The molecule has 0 fully saturated rings. The zero-order chi connectivity index (χ0) is 9.84. The van der Waals surface area contributed by atoms with Gasteiger partial charge in [-0.1, -0.05) is 0 Å². The van der Waals surface area contributed by atoms with Crippen LogP contribution in [0.2, 0.25) is 0 Å². The van der Waals surface area contributed by atoms with Crippen molar-refractivity contribution in [2.24, 2.45) is 5.73 Å². The molecule has 1 atom stereocenters. The number of carbonyl (C=O) groups is 1. The second-order valence-corrected chi connectivity index (χ2v) is 2.62. The first-order valence-electron chi connectivity index (χ1n) is 3.68. The fourth-order valence-corrected chi connectivity index (χ4v) is 0.645. The van der Waals surface area contributed by atoms with Crippen LogP contribution in [0.3, 0.4) is 0 Å². The molecular weight excluding hydrogens is 176 g/mol. The third kappa shape index (κ3) is 2.75. The van der Waals surface area contributed by atoms with Gasteiger partial charge in [-0.25, -0.2) is 4.79 Å². The number of nitrogens with zero attached hydrogens (tertiary/aromatic N) is 1. The molecule has 0 saturated carbocycles. The van der Waals surface area contributed by atoms with Crippen molar-refractivity contribution in [1.29, 1.82) is 0 Å². The molecule has 0 radical (unpaired) electrons. The Morgan fingerprint density at radius 1 is 1.92 bits per heavy atom. The van der Waals surface area contributed by atoms with E-state index in [9.17, 15) is 4.79 Å². The van der Waals surface area contributed by atoms with Gasteiger partial charge in [0.1, 0.15) is 6.61 Å². The summed E-state index contributed by atoms with van der Waals surface area (Å²) in [6, 6.07) is 1.06. The maximum atomic E-state index is 10.3. The number of aromatic nitrogens is 1. The van der Waals surface area contributed by atoms with Crippen LogP contribution in [0.1, 0.15) is 17.5 Å². The molecule has 1 unspecified atom stereocenters. The molecule has 0 aliphatic heterocycles. The van der Waals surface area contributed by atoms with Gasteiger partial charge in [-0.2, -0.15) is 0 Å². The van der Waals surface area contributed by atoms with Crippen LogP contribution in [0.4, 0.5) is 0 Å². The molecule has 6 heteroatoms. The Balaban J connectivity index is 2.54. The minimum atomic E-state index is -1.18. The van der Waals surface area contributed by atoms with Crippen molar-refractivity contribution in [2.75, 3.05) is 6.61 Å². The lowest BCUT2D eigenvalue weighted by Crippen LogP contribution is -2.23. The van der Waals surface area contributed by atoms with E-state index in [1.54, 1.807) is 6.92 Å². The summed E-state index contributed by atoms with van der Waals surface area (Å²) in [7, 11) is 0. The number of hydrogen-bond donors (Lipinski definition) is 2. The topological polar surface area (TPSA) is 98.6 Å². The van der Waals surface area contributed by atoms with Crippen molar-refractivity contribution >= 4 is 5.97 Å². The minimum Gasteiger partial charge on any atom is -0.475 e. The SMILES string of the molecule is CC(N)COc1cc(C(=O)O)on1. The molecule has 0 aliphatic rings. The largest absolute Gasteiger partial charge is 0.475 e. The van der Waals surface area contributed by atoms with Crippen LogP contribution in [0, 0.1) is 0 Å². The highest BCUT2D eigenvalue weighted by Gasteiger charge is 2.11. The summed E-state index contributed by atoms with van der Waals surface area (Å²) in [4.78, 5) is 10.3. The first-order valence-corrected chi connectivity index (χ1v) is 3.68. The summed E-state index contributed by atoms with van der Waals surface area (Å²) in [5.74, 6) is -1.29. The zero-order valence-corrected chi connectivity index (χ0v) is 7.06. The zero-order valence-electron chi connectivity index (χ0n) is 7.06. The standard InChI is InChI=1S/C7H10N2O4/c1-4(8)3-12-6-2-5(7(10)11)13-9-6/h2,4H,3,8H2,1H3,(H,10,11). The van der Waals surface area contributed by atoms with Gasteiger partial charge in [-0.3, -0.25) is 0 Å². The molecule has 0 saturated heterocycles. The Morgan fingerprint density at radius 2 is 2.62 bits per heavy atom. The number of ether oxygens (including phenoxy) is 1. The smallest absolute Gasteiger partial charge is 0.374 e. The van der Waals surface area contributed by atoms with Gasteiger partial charge < -0.3 is 20.1 Å². The van der Waals surface area contributed by atoms with Crippen molar-refractivity contribution in [3.8, 4) is 5.88 Å². The Hall–Kier alpha value is -1.56. The van der Waals surface area contributed by atoms with E-state index in [4.69, 9.17) is 15.6 Å². The van der Waals surface area contributed by atoms with Gasteiger partial charge in [0.25, 0.3) is 5.88 Å². The number of carboxylic acid groups (broad SMARTS) is 1. The lowest BCUT2D eigenvalue weighted by Gasteiger charge is -2.03. The first-order chi connectivity index (χ1) is 6.09. The number of aromatic carboxylic acids is 1. The highest BCUT2D eigenvalue weighted by Crippen LogP contribution is 2.10. The van der Waals surface area contributed by atoms with Gasteiger partial charge >= 0.3 is 5.97 Å². The van der Waals surface area contributed by atoms with Crippen LogP contribution >= 0.6 is 0 Å². The second kappa shape index (κ2) is 3.90. The van der Waals surface area contributed by atoms with Crippen molar-refractivity contribution in [1.82, 2.24) is 5.16 Å². The summed E-state index contributed by atoms with van der Waals surface area (Å²) in [5, 5.41) is 11.8. The van der Waals surface area contributed by atoms with Crippen LogP contribution < -0.4 is 10.5 Å². The van der Waals surface area contributed by atoms with Crippen LogP contribution in [-0.4, -0.2) is 28.9 Å². The van der Waals surface area contributed by atoms with Crippen molar-refractivity contribution < 1.29 is 19.2 Å². The quantitative estimate of drug-likeness (QED) is 0.691. The van der Waals surface area contributed by atoms with Gasteiger partial charge in [0.2, 0.25) is 5.76 Å². The molecule has 1 aromatic rings. The molecule has 1 heterocycles. The van der Waals surface area contributed by atoms with Crippen molar-refractivity contribution in [3.63, 3.8) is 0 Å². The molecule has 0 amide bonds. The molecule has 0 aromatic carbocycles. The van der Waals surface area contributed by atoms with Crippen LogP contribution in [0.15, 0.2) is 10.6 Å². The second-order valence-electron chi connectivity index (χ2n) is 2.62. The highest BCUT2D eigenvalue weighted by atomic mass is 16.5. The van der Waals surface area contributed by atoms with E-state index in [0.29, 0.717) is 0 Å². The van der Waals surface area contributed by atoms with Gasteiger partial charge in [0, 0.05) is 6.04 Å². The van der Waals surface area contributed by atoms with Crippen LogP contribution in [0.25, 0.3) is 0 Å². The molecule has 0 bridgehead atoms. The van der Waals surface area contributed by atoms with Gasteiger partial charge in [0.05, 0.1) is 6.07 Å². The van der Waals surface area contributed by atoms with Gasteiger partial charge in [-0.15, -0.1) is 0 Å². The maximum Gasteiger partial charge on any atom is 0.374 e. The molecule has 72 valence electrons. The molecule has 3 N–H and O–H groups in total. The van der Waals surface area contributed by atoms with Crippen molar-refractivity contribution in [2.45, 2.75) is 13.0 Å². The summed E-state index contributed by atoms with van der Waals surface area (Å²) < 4.78 is 9.45. The Morgan fingerprint density at radius 3 is 3.08 bits per heavy atom. The van der Waals surface area contributed by atoms with Crippen LogP contribution in [-0.2, 0) is 0 Å². The molecule has 1 aromatic heterocycles. The fraction of sp³-hybridized carbons (Fsp3) is 0.429. The monoisotopic (exact) mass is 186 g/mol. The predicted octanol–water partition coefficient (Wildman–Crippen LogP) is 0.0988. The summed E-state index contributed by atoms with van der Waals surface area (Å²) in [6.07, 6.45) is 0. The summed E-state index contributed by atoms with van der Waals surface area (Å²) >= 11 is 0. The summed E-state index contributed by atoms with van der Waals surface area (Å²) in [6.45, 7) is 2.03. The van der Waals surface area contributed by atoms with E-state index in [1.165, 1.54) is 6.07 Å². The van der Waals surface area contributed by atoms with E-state index < -0.39 is 5.97 Å². The van der Waals surface area contributed by atoms with Crippen LogP contribution in [0.5, 0.6) is 5.88 Å². The normalized spacial score (nSPS) is 12.5.